The zero-order chi connectivity index (χ0) is 26.3. The molecule has 0 heterocycles. The maximum atomic E-state index is 13.7. The highest BCUT2D eigenvalue weighted by atomic mass is 32.2. The van der Waals surface area contributed by atoms with Crippen LogP contribution < -0.4 is 14.4 Å². The van der Waals surface area contributed by atoms with Crippen LogP contribution in [0.5, 0.6) is 5.75 Å². The lowest BCUT2D eigenvalue weighted by molar-refractivity contribution is -0.139. The molecule has 0 radical (unpaired) electrons. The summed E-state index contributed by atoms with van der Waals surface area (Å²) in [5, 5.41) is 2.57. The van der Waals surface area contributed by atoms with E-state index in [2.05, 4.69) is 5.32 Å². The molecule has 0 aliphatic heterocycles. The number of benzene rings is 3. The van der Waals surface area contributed by atoms with Crippen molar-refractivity contribution >= 4 is 27.5 Å². The largest absolute Gasteiger partial charge is 0.497 e. The van der Waals surface area contributed by atoms with Gasteiger partial charge < -0.3 is 15.0 Å². The van der Waals surface area contributed by atoms with Gasteiger partial charge in [0.15, 0.2) is 0 Å². The van der Waals surface area contributed by atoms with Gasteiger partial charge in [-0.1, -0.05) is 54.1 Å². The van der Waals surface area contributed by atoms with Gasteiger partial charge in [-0.2, -0.15) is 0 Å². The van der Waals surface area contributed by atoms with Crippen molar-refractivity contribution in [2.75, 3.05) is 25.0 Å². The molecule has 1 atom stereocenters. The minimum absolute atomic E-state index is 0.0465. The smallest absolute Gasteiger partial charge is 0.264 e. The summed E-state index contributed by atoms with van der Waals surface area (Å²) in [5.74, 6) is -0.423. The first-order valence-electron chi connectivity index (χ1n) is 11.5. The van der Waals surface area contributed by atoms with E-state index in [9.17, 15) is 18.0 Å². The van der Waals surface area contributed by atoms with E-state index in [1.54, 1.807) is 49.4 Å². The van der Waals surface area contributed by atoms with Crippen LogP contribution in [-0.4, -0.2) is 51.9 Å². The van der Waals surface area contributed by atoms with Gasteiger partial charge in [-0.25, -0.2) is 8.42 Å². The number of methoxy groups -OCH3 is 1. The van der Waals surface area contributed by atoms with Gasteiger partial charge in [0.1, 0.15) is 18.3 Å². The molecule has 2 amide bonds. The van der Waals surface area contributed by atoms with Crippen LogP contribution >= 0.6 is 0 Å². The summed E-state index contributed by atoms with van der Waals surface area (Å²) in [6.07, 6.45) is 0. The first kappa shape index (κ1) is 26.7. The van der Waals surface area contributed by atoms with E-state index >= 15 is 0 Å². The van der Waals surface area contributed by atoms with Crippen LogP contribution in [0.1, 0.15) is 18.1 Å². The molecular formula is C27H31N3O5S. The first-order valence-corrected chi connectivity index (χ1v) is 12.9. The Morgan fingerprint density at radius 3 is 2.31 bits per heavy atom. The van der Waals surface area contributed by atoms with E-state index in [1.165, 1.54) is 31.2 Å². The normalized spacial score (nSPS) is 11.9. The molecular weight excluding hydrogens is 478 g/mol. The van der Waals surface area contributed by atoms with Crippen molar-refractivity contribution < 1.29 is 22.7 Å². The topological polar surface area (TPSA) is 96.0 Å². The maximum absolute atomic E-state index is 13.7. The number of amides is 2. The fraction of sp³-hybridized carbons (Fsp3) is 0.259. The Labute approximate surface area is 212 Å². The van der Waals surface area contributed by atoms with Crippen LogP contribution in [0.3, 0.4) is 0 Å². The first-order chi connectivity index (χ1) is 17.2. The number of hydrogen-bond donors (Lipinski definition) is 1. The summed E-state index contributed by atoms with van der Waals surface area (Å²) in [7, 11) is -1.13. The lowest BCUT2D eigenvalue weighted by atomic mass is 10.1. The number of nitrogens with one attached hydrogen (secondary N) is 1. The molecule has 3 rings (SSSR count). The second-order valence-corrected chi connectivity index (χ2v) is 10.2. The minimum Gasteiger partial charge on any atom is -0.497 e. The van der Waals surface area contributed by atoms with Crippen molar-refractivity contribution in [1.82, 2.24) is 10.2 Å². The Morgan fingerprint density at radius 2 is 1.67 bits per heavy atom. The molecule has 0 spiro atoms. The Balaban J connectivity index is 2.04. The lowest BCUT2D eigenvalue weighted by Crippen LogP contribution is -2.50. The molecule has 3 aromatic carbocycles. The van der Waals surface area contributed by atoms with Crippen molar-refractivity contribution in [2.24, 2.45) is 0 Å². The average molecular weight is 510 g/mol. The van der Waals surface area contributed by atoms with Gasteiger partial charge in [-0.05, 0) is 43.7 Å². The molecule has 190 valence electrons. The maximum Gasteiger partial charge on any atom is 0.264 e. The molecule has 1 N–H and O–H groups in total. The number of hydrogen-bond acceptors (Lipinski definition) is 5. The molecule has 0 aliphatic rings. The Hall–Kier alpha value is -3.85. The van der Waals surface area contributed by atoms with E-state index in [0.717, 1.165) is 15.4 Å². The SMILES string of the molecule is CNC(=O)[C@@H](C)N(Cc1cccc(C)c1)C(=O)CN(c1cccc(OC)c1)S(=O)(=O)c1ccccc1. The fourth-order valence-corrected chi connectivity index (χ4v) is 5.24. The van der Waals surface area contributed by atoms with E-state index in [-0.39, 0.29) is 23.0 Å². The number of sulfonamides is 1. The van der Waals surface area contributed by atoms with E-state index in [1.807, 2.05) is 31.2 Å². The predicted molar refractivity (Wildman–Crippen MR) is 139 cm³/mol. The molecule has 0 bridgehead atoms. The van der Waals surface area contributed by atoms with E-state index in [0.29, 0.717) is 5.75 Å². The highest BCUT2D eigenvalue weighted by Gasteiger charge is 2.32. The van der Waals surface area contributed by atoms with Crippen molar-refractivity contribution in [1.29, 1.82) is 0 Å². The second-order valence-electron chi connectivity index (χ2n) is 8.33. The molecule has 0 fully saturated rings. The zero-order valence-electron chi connectivity index (χ0n) is 20.8. The average Bonchev–Trinajstić information content (AvgIpc) is 2.89. The van der Waals surface area contributed by atoms with Gasteiger partial charge in [0.25, 0.3) is 10.0 Å². The van der Waals surface area contributed by atoms with Gasteiger partial charge >= 0.3 is 0 Å². The third kappa shape index (κ3) is 6.23. The number of aryl methyl sites for hydroxylation is 1. The van der Waals surface area contributed by atoms with E-state index in [4.69, 9.17) is 4.74 Å². The highest BCUT2D eigenvalue weighted by molar-refractivity contribution is 7.92. The Kier molecular flexibility index (Phi) is 8.71. The van der Waals surface area contributed by atoms with Crippen LogP contribution in [0.15, 0.2) is 83.8 Å². The van der Waals surface area contributed by atoms with Gasteiger partial charge in [-0.3, -0.25) is 13.9 Å². The van der Waals surface area contributed by atoms with Crippen molar-refractivity contribution in [3.8, 4) is 5.75 Å². The molecule has 36 heavy (non-hydrogen) atoms. The summed E-state index contributed by atoms with van der Waals surface area (Å²) in [5.41, 5.74) is 2.12. The third-order valence-corrected chi connectivity index (χ3v) is 7.59. The standard InChI is InChI=1S/C27H31N3O5S/c1-20-10-8-11-22(16-20)18-29(21(2)27(32)28-3)26(31)19-30(23-12-9-13-24(17-23)35-4)36(33,34)25-14-6-5-7-15-25/h5-17,21H,18-19H2,1-4H3,(H,28,32)/t21-/m1/s1. The third-order valence-electron chi connectivity index (χ3n) is 5.80. The van der Waals surface area contributed by atoms with Gasteiger partial charge in [0, 0.05) is 19.7 Å². The highest BCUT2D eigenvalue weighted by Crippen LogP contribution is 2.27. The molecule has 0 saturated carbocycles. The number of ether oxygens (including phenoxy) is 1. The van der Waals surface area contributed by atoms with Gasteiger partial charge in [-0.15, -0.1) is 0 Å². The number of likely N-dealkylation sites (N-methyl/N-ethyl adjacent to an activating group) is 1. The van der Waals surface area contributed by atoms with Crippen LogP contribution in [0.2, 0.25) is 0 Å². The number of carbonyl (C=O) groups excluding carboxylic acids is 2. The minimum atomic E-state index is -4.11. The van der Waals surface area contributed by atoms with Crippen molar-refractivity contribution in [2.45, 2.75) is 31.3 Å². The van der Waals surface area contributed by atoms with Crippen molar-refractivity contribution in [3.05, 3.63) is 90.0 Å². The van der Waals surface area contributed by atoms with Crippen LogP contribution in [0, 0.1) is 6.92 Å². The van der Waals surface area contributed by atoms with Crippen LogP contribution in [0.4, 0.5) is 5.69 Å². The number of anilines is 1. The fourth-order valence-electron chi connectivity index (χ4n) is 3.81. The van der Waals surface area contributed by atoms with Gasteiger partial charge in [0.05, 0.1) is 17.7 Å². The summed E-state index contributed by atoms with van der Waals surface area (Å²) in [4.78, 5) is 27.7. The monoisotopic (exact) mass is 509 g/mol. The molecule has 0 saturated heterocycles. The summed E-state index contributed by atoms with van der Waals surface area (Å²) in [6.45, 7) is 3.20. The number of carbonyl (C=O) groups is 2. The predicted octanol–water partition coefficient (Wildman–Crippen LogP) is 3.36. The summed E-state index contributed by atoms with van der Waals surface area (Å²) in [6, 6.07) is 21.2. The van der Waals surface area contributed by atoms with Crippen LogP contribution in [0.25, 0.3) is 0 Å². The number of rotatable bonds is 10. The molecule has 8 nitrogen and oxygen atoms in total. The summed E-state index contributed by atoms with van der Waals surface area (Å²) >= 11 is 0. The summed E-state index contributed by atoms with van der Waals surface area (Å²) < 4.78 is 33.7. The van der Waals surface area contributed by atoms with E-state index < -0.39 is 28.5 Å². The zero-order valence-corrected chi connectivity index (χ0v) is 21.7. The molecule has 0 aliphatic carbocycles. The number of nitrogens with zero attached hydrogens (tertiary/aromatic N) is 2. The lowest BCUT2D eigenvalue weighted by Gasteiger charge is -2.32. The second kappa shape index (κ2) is 11.7. The Morgan fingerprint density at radius 1 is 0.972 bits per heavy atom. The Bertz CT molecular complexity index is 1310. The van der Waals surface area contributed by atoms with Crippen LogP contribution in [-0.2, 0) is 26.2 Å². The molecule has 0 aromatic heterocycles. The molecule has 3 aromatic rings. The quantitative estimate of drug-likeness (QED) is 0.452. The van der Waals surface area contributed by atoms with Gasteiger partial charge in [0.2, 0.25) is 11.8 Å². The molecule has 9 heteroatoms. The molecule has 0 unspecified atom stereocenters. The van der Waals surface area contributed by atoms with Crippen molar-refractivity contribution in [3.63, 3.8) is 0 Å².